The third-order valence-electron chi connectivity index (χ3n) is 3.20. The number of rotatable bonds is 3. The first-order chi connectivity index (χ1) is 6.36. The molecule has 1 saturated heterocycles. The summed E-state index contributed by atoms with van der Waals surface area (Å²) in [4.78, 5) is 13.5. The van der Waals surface area contributed by atoms with Crippen LogP contribution in [0.25, 0.3) is 0 Å². The van der Waals surface area contributed by atoms with Crippen LogP contribution in [0.2, 0.25) is 0 Å². The van der Waals surface area contributed by atoms with Gasteiger partial charge < -0.3 is 10.2 Å². The Morgan fingerprint density at radius 2 is 2.15 bits per heavy atom. The van der Waals surface area contributed by atoms with Crippen LogP contribution in [0.15, 0.2) is 0 Å². The largest absolute Gasteiger partial charge is 0.314 e. The molecular weight excluding hydrogens is 164 g/mol. The van der Waals surface area contributed by atoms with E-state index < -0.39 is 0 Å². The summed E-state index contributed by atoms with van der Waals surface area (Å²) in [5.41, 5.74) is 0. The van der Waals surface area contributed by atoms with E-state index in [1.54, 1.807) is 0 Å². The van der Waals surface area contributed by atoms with Gasteiger partial charge in [-0.1, -0.05) is 0 Å². The number of hydrogen-bond donors (Lipinski definition) is 1. The zero-order chi connectivity index (χ0) is 9.10. The third kappa shape index (κ3) is 2.29. The van der Waals surface area contributed by atoms with Crippen molar-refractivity contribution in [3.05, 3.63) is 0 Å². The molecule has 0 aromatic rings. The molecule has 3 nitrogen and oxygen atoms in total. The Morgan fingerprint density at radius 3 is 2.69 bits per heavy atom. The minimum Gasteiger partial charge on any atom is -0.314 e. The third-order valence-corrected chi connectivity index (χ3v) is 3.20. The predicted molar refractivity (Wildman–Crippen MR) is 51.7 cm³/mol. The zero-order valence-corrected chi connectivity index (χ0v) is 8.09. The molecule has 2 fully saturated rings. The molecule has 1 heterocycles. The lowest BCUT2D eigenvalue weighted by molar-refractivity contribution is -0.129. The standard InChI is InChI=1S/C10H18N2O/c13-10-2-1-9(10)3-6-12-7-4-11-5-8-12/h9,11H,1-8H2. The second-order valence-electron chi connectivity index (χ2n) is 4.08. The van der Waals surface area contributed by atoms with E-state index in [-0.39, 0.29) is 0 Å². The molecule has 3 heteroatoms. The molecule has 0 aromatic carbocycles. The molecule has 0 spiro atoms. The number of nitrogens with one attached hydrogen (secondary N) is 1. The van der Waals surface area contributed by atoms with Gasteiger partial charge in [-0.05, 0) is 19.4 Å². The molecule has 1 unspecified atom stereocenters. The van der Waals surface area contributed by atoms with E-state index in [1.165, 1.54) is 0 Å². The Kier molecular flexibility index (Phi) is 2.96. The lowest BCUT2D eigenvalue weighted by Gasteiger charge is -2.30. The van der Waals surface area contributed by atoms with Gasteiger partial charge >= 0.3 is 0 Å². The molecule has 1 N–H and O–H groups in total. The molecule has 1 aliphatic carbocycles. The zero-order valence-electron chi connectivity index (χ0n) is 8.09. The van der Waals surface area contributed by atoms with Crippen LogP contribution in [-0.4, -0.2) is 43.4 Å². The summed E-state index contributed by atoms with van der Waals surface area (Å²) in [6, 6.07) is 0. The Balaban J connectivity index is 1.63. The number of nitrogens with zero attached hydrogens (tertiary/aromatic N) is 1. The molecule has 0 amide bonds. The Hall–Kier alpha value is -0.410. The summed E-state index contributed by atoms with van der Waals surface area (Å²) < 4.78 is 0. The van der Waals surface area contributed by atoms with E-state index in [9.17, 15) is 4.79 Å². The van der Waals surface area contributed by atoms with Crippen molar-refractivity contribution in [3.63, 3.8) is 0 Å². The van der Waals surface area contributed by atoms with E-state index in [2.05, 4.69) is 10.2 Å². The first kappa shape index (κ1) is 9.16. The van der Waals surface area contributed by atoms with Crippen molar-refractivity contribution in [2.45, 2.75) is 19.3 Å². The monoisotopic (exact) mass is 182 g/mol. The number of carbonyl (C=O) groups excluding carboxylic acids is 1. The van der Waals surface area contributed by atoms with Gasteiger partial charge in [0, 0.05) is 38.5 Å². The van der Waals surface area contributed by atoms with E-state index in [0.29, 0.717) is 11.7 Å². The van der Waals surface area contributed by atoms with Crippen LogP contribution in [0.4, 0.5) is 0 Å². The maximum Gasteiger partial charge on any atom is 0.136 e. The molecule has 74 valence electrons. The summed E-state index contributed by atoms with van der Waals surface area (Å²) in [7, 11) is 0. The van der Waals surface area contributed by atoms with Crippen molar-refractivity contribution >= 4 is 5.78 Å². The number of piperazine rings is 1. The number of Topliss-reactive ketones (excluding diaryl/α,β-unsaturated/α-hetero) is 1. The lowest BCUT2D eigenvalue weighted by atomic mass is 9.81. The maximum atomic E-state index is 11.1. The van der Waals surface area contributed by atoms with Gasteiger partial charge in [0.15, 0.2) is 0 Å². The van der Waals surface area contributed by atoms with Crippen LogP contribution in [0.1, 0.15) is 19.3 Å². The topological polar surface area (TPSA) is 32.3 Å². The molecule has 13 heavy (non-hydrogen) atoms. The van der Waals surface area contributed by atoms with Gasteiger partial charge in [-0.15, -0.1) is 0 Å². The van der Waals surface area contributed by atoms with Crippen molar-refractivity contribution in [1.82, 2.24) is 10.2 Å². The first-order valence-corrected chi connectivity index (χ1v) is 5.32. The van der Waals surface area contributed by atoms with E-state index >= 15 is 0 Å². The van der Waals surface area contributed by atoms with Crippen LogP contribution in [0.3, 0.4) is 0 Å². The SMILES string of the molecule is O=C1CCC1CCN1CCNCC1. The van der Waals surface area contributed by atoms with Crippen molar-refractivity contribution in [2.75, 3.05) is 32.7 Å². The van der Waals surface area contributed by atoms with Gasteiger partial charge in [-0.2, -0.15) is 0 Å². The Bertz CT molecular complexity index is 187. The molecule has 1 atom stereocenters. The molecular formula is C10H18N2O. The summed E-state index contributed by atoms with van der Waals surface area (Å²) in [6.45, 7) is 5.65. The Morgan fingerprint density at radius 1 is 1.38 bits per heavy atom. The van der Waals surface area contributed by atoms with Crippen molar-refractivity contribution < 1.29 is 4.79 Å². The predicted octanol–water partition coefficient (Wildman–Crippen LogP) is 0.261. The minimum absolute atomic E-state index is 0.412. The highest BCUT2D eigenvalue weighted by atomic mass is 16.1. The second-order valence-corrected chi connectivity index (χ2v) is 4.08. The molecule has 2 aliphatic rings. The summed E-state index contributed by atoms with van der Waals surface area (Å²) in [5.74, 6) is 0.907. The smallest absolute Gasteiger partial charge is 0.136 e. The quantitative estimate of drug-likeness (QED) is 0.679. The fourth-order valence-electron chi connectivity index (χ4n) is 2.04. The van der Waals surface area contributed by atoms with E-state index in [1.807, 2.05) is 0 Å². The second kappa shape index (κ2) is 4.20. The van der Waals surface area contributed by atoms with Crippen molar-refractivity contribution in [2.24, 2.45) is 5.92 Å². The van der Waals surface area contributed by atoms with Gasteiger partial charge in [-0.3, -0.25) is 4.79 Å². The summed E-state index contributed by atoms with van der Waals surface area (Å²) >= 11 is 0. The van der Waals surface area contributed by atoms with Crippen molar-refractivity contribution in [1.29, 1.82) is 0 Å². The van der Waals surface area contributed by atoms with Gasteiger partial charge in [0.2, 0.25) is 0 Å². The van der Waals surface area contributed by atoms with E-state index in [0.717, 1.165) is 52.0 Å². The highest BCUT2D eigenvalue weighted by Crippen LogP contribution is 2.25. The van der Waals surface area contributed by atoms with Gasteiger partial charge in [0.25, 0.3) is 0 Å². The molecule has 1 saturated carbocycles. The van der Waals surface area contributed by atoms with Crippen LogP contribution in [0, 0.1) is 5.92 Å². The highest BCUT2D eigenvalue weighted by Gasteiger charge is 2.27. The Labute approximate surface area is 79.5 Å². The van der Waals surface area contributed by atoms with Gasteiger partial charge in [0.1, 0.15) is 5.78 Å². The lowest BCUT2D eigenvalue weighted by Crippen LogP contribution is -2.44. The number of hydrogen-bond acceptors (Lipinski definition) is 3. The average molecular weight is 182 g/mol. The highest BCUT2D eigenvalue weighted by molar-refractivity contribution is 5.86. The summed E-state index contributed by atoms with van der Waals surface area (Å²) in [6.07, 6.45) is 3.08. The first-order valence-electron chi connectivity index (χ1n) is 5.32. The van der Waals surface area contributed by atoms with Crippen LogP contribution >= 0.6 is 0 Å². The summed E-state index contributed by atoms with van der Waals surface area (Å²) in [5, 5.41) is 3.33. The number of ketones is 1. The van der Waals surface area contributed by atoms with Crippen molar-refractivity contribution in [3.8, 4) is 0 Å². The van der Waals surface area contributed by atoms with Crippen LogP contribution < -0.4 is 5.32 Å². The molecule has 0 aromatic heterocycles. The molecule has 1 aliphatic heterocycles. The van der Waals surface area contributed by atoms with Gasteiger partial charge in [0.05, 0.1) is 0 Å². The maximum absolute atomic E-state index is 11.1. The number of carbonyl (C=O) groups is 1. The normalized spacial score (nSPS) is 30.2. The van der Waals surface area contributed by atoms with Crippen LogP contribution in [0.5, 0.6) is 0 Å². The average Bonchev–Trinajstić information content (AvgIpc) is 2.17. The minimum atomic E-state index is 0.412. The van der Waals surface area contributed by atoms with E-state index in [4.69, 9.17) is 0 Å². The fraction of sp³-hybridized carbons (Fsp3) is 0.900. The van der Waals surface area contributed by atoms with Gasteiger partial charge in [-0.25, -0.2) is 0 Å². The molecule has 2 rings (SSSR count). The molecule has 0 bridgehead atoms. The fourth-order valence-corrected chi connectivity index (χ4v) is 2.04. The van der Waals surface area contributed by atoms with Crippen LogP contribution in [-0.2, 0) is 4.79 Å². The molecule has 0 radical (unpaired) electrons.